The molecule has 1 saturated carbocycles. The van der Waals surface area contributed by atoms with E-state index in [1.54, 1.807) is 18.3 Å². The van der Waals surface area contributed by atoms with E-state index in [0.29, 0.717) is 35.9 Å². The highest BCUT2D eigenvalue weighted by atomic mass is 16.5. The van der Waals surface area contributed by atoms with Gasteiger partial charge in [-0.3, -0.25) is 14.6 Å². The zero-order chi connectivity index (χ0) is 21.4. The molecule has 0 spiro atoms. The highest BCUT2D eigenvalue weighted by Gasteiger charge is 2.24. The van der Waals surface area contributed by atoms with Crippen LogP contribution in [-0.2, 0) is 11.2 Å². The van der Waals surface area contributed by atoms with E-state index in [0.717, 1.165) is 38.9 Å². The fourth-order valence-electron chi connectivity index (χ4n) is 3.83. The number of carbonyl (C=O) groups is 2. The Morgan fingerprint density at radius 2 is 1.83 bits per heavy atom. The van der Waals surface area contributed by atoms with E-state index in [1.165, 1.54) is 12.8 Å². The molecule has 1 fully saturated rings. The van der Waals surface area contributed by atoms with Gasteiger partial charge in [0.05, 0.1) is 5.52 Å². The number of fused-ring (bicyclic) bond motifs is 1. The summed E-state index contributed by atoms with van der Waals surface area (Å²) in [6.07, 6.45) is 5.24. The first-order chi connectivity index (χ1) is 14.3. The van der Waals surface area contributed by atoms with Crippen LogP contribution >= 0.6 is 0 Å². The molecule has 5 heteroatoms. The first-order valence-electron chi connectivity index (χ1n) is 10.3. The molecule has 0 unspecified atom stereocenters. The van der Waals surface area contributed by atoms with Crippen molar-refractivity contribution in [2.24, 2.45) is 11.7 Å². The highest BCUT2D eigenvalue weighted by Crippen LogP contribution is 2.35. The SMILES string of the molecule is Cc1cc2nccc(Oc3ccc(CC(=O)CC4CC4)c(C)c3C)c2cc1C(N)=O. The third-order valence-corrected chi connectivity index (χ3v) is 5.98. The largest absolute Gasteiger partial charge is 0.456 e. The summed E-state index contributed by atoms with van der Waals surface area (Å²) in [5, 5.41) is 0.734. The number of hydrogen-bond acceptors (Lipinski definition) is 4. The molecule has 1 aliphatic carbocycles. The molecule has 3 aromatic rings. The minimum atomic E-state index is -0.476. The number of ketones is 1. The molecule has 1 aromatic heterocycles. The summed E-state index contributed by atoms with van der Waals surface area (Å²) in [6.45, 7) is 5.87. The lowest BCUT2D eigenvalue weighted by Gasteiger charge is -2.16. The topological polar surface area (TPSA) is 82.3 Å². The molecule has 0 radical (unpaired) electrons. The lowest BCUT2D eigenvalue weighted by molar-refractivity contribution is -0.118. The van der Waals surface area contributed by atoms with Crippen LogP contribution in [0, 0.1) is 26.7 Å². The van der Waals surface area contributed by atoms with E-state index in [1.807, 2.05) is 39.0 Å². The standard InChI is InChI=1S/C25H26N2O3/c1-14-10-22-21(13-20(14)25(26)29)24(8-9-27-22)30-23-7-6-18(15(2)16(23)3)12-19(28)11-17-4-5-17/h6-10,13,17H,4-5,11-12H2,1-3H3,(H2,26,29). The fraction of sp³-hybridized carbons (Fsp3) is 0.320. The van der Waals surface area contributed by atoms with Crippen molar-refractivity contribution in [3.05, 3.63) is 64.3 Å². The Bertz CT molecular complexity index is 1160. The zero-order valence-corrected chi connectivity index (χ0v) is 17.6. The third kappa shape index (κ3) is 4.06. The Hall–Kier alpha value is -3.21. The Kier molecular flexibility index (Phi) is 5.29. The first kappa shape index (κ1) is 20.1. The minimum Gasteiger partial charge on any atom is -0.456 e. The van der Waals surface area contributed by atoms with Crippen LogP contribution in [0.5, 0.6) is 11.5 Å². The zero-order valence-electron chi connectivity index (χ0n) is 17.6. The van der Waals surface area contributed by atoms with Crippen LogP contribution in [0.1, 0.15) is 51.9 Å². The van der Waals surface area contributed by atoms with Gasteiger partial charge in [0.25, 0.3) is 0 Å². The average Bonchev–Trinajstić information content (AvgIpc) is 3.51. The van der Waals surface area contributed by atoms with Crippen molar-refractivity contribution in [3.63, 3.8) is 0 Å². The van der Waals surface area contributed by atoms with Crippen molar-refractivity contribution in [1.82, 2.24) is 4.98 Å². The predicted molar refractivity (Wildman–Crippen MR) is 117 cm³/mol. The van der Waals surface area contributed by atoms with Crippen molar-refractivity contribution in [2.75, 3.05) is 0 Å². The molecule has 0 bridgehead atoms. The lowest BCUT2D eigenvalue weighted by Crippen LogP contribution is -2.12. The molecule has 0 aliphatic heterocycles. The van der Waals surface area contributed by atoms with Gasteiger partial charge in [-0.25, -0.2) is 0 Å². The fourth-order valence-corrected chi connectivity index (χ4v) is 3.83. The van der Waals surface area contributed by atoms with Gasteiger partial charge < -0.3 is 10.5 Å². The maximum absolute atomic E-state index is 12.3. The van der Waals surface area contributed by atoms with Crippen LogP contribution in [0.15, 0.2) is 36.5 Å². The van der Waals surface area contributed by atoms with Gasteiger partial charge in [-0.15, -0.1) is 0 Å². The van der Waals surface area contributed by atoms with Crippen LogP contribution in [0.25, 0.3) is 10.9 Å². The Labute approximate surface area is 176 Å². The van der Waals surface area contributed by atoms with Gasteiger partial charge in [0.2, 0.25) is 5.91 Å². The van der Waals surface area contributed by atoms with Gasteiger partial charge in [-0.05, 0) is 86.1 Å². The number of benzene rings is 2. The third-order valence-electron chi connectivity index (χ3n) is 5.98. The summed E-state index contributed by atoms with van der Waals surface area (Å²) in [5.41, 5.74) is 10.6. The Morgan fingerprint density at radius 1 is 1.07 bits per heavy atom. The molecule has 0 atom stereocenters. The van der Waals surface area contributed by atoms with Crippen molar-refractivity contribution < 1.29 is 14.3 Å². The minimum absolute atomic E-state index is 0.308. The predicted octanol–water partition coefficient (Wildman–Crippen LogP) is 4.96. The molecule has 1 amide bonds. The van der Waals surface area contributed by atoms with Crippen LogP contribution in [-0.4, -0.2) is 16.7 Å². The maximum atomic E-state index is 12.3. The average molecular weight is 402 g/mol. The second kappa shape index (κ2) is 7.90. The molecular formula is C25H26N2O3. The van der Waals surface area contributed by atoms with Gasteiger partial charge in [-0.1, -0.05) is 6.07 Å². The monoisotopic (exact) mass is 402 g/mol. The number of rotatable bonds is 7. The van der Waals surface area contributed by atoms with Crippen LogP contribution in [0.4, 0.5) is 0 Å². The number of aryl methyl sites for hydroxylation is 1. The number of hydrogen-bond donors (Lipinski definition) is 1. The van der Waals surface area contributed by atoms with Gasteiger partial charge in [-0.2, -0.15) is 0 Å². The maximum Gasteiger partial charge on any atom is 0.248 e. The summed E-state index contributed by atoms with van der Waals surface area (Å²) < 4.78 is 6.24. The number of ether oxygens (including phenoxy) is 1. The molecule has 5 nitrogen and oxygen atoms in total. The molecule has 1 aliphatic rings. The second-order valence-electron chi connectivity index (χ2n) is 8.30. The molecule has 1 heterocycles. The number of primary amides is 1. The molecular weight excluding hydrogens is 376 g/mol. The Morgan fingerprint density at radius 3 is 2.53 bits per heavy atom. The van der Waals surface area contributed by atoms with E-state index in [4.69, 9.17) is 10.5 Å². The Balaban J connectivity index is 1.64. The van der Waals surface area contributed by atoms with E-state index < -0.39 is 5.91 Å². The number of nitrogens with zero attached hydrogens (tertiary/aromatic N) is 1. The summed E-state index contributed by atoms with van der Waals surface area (Å²) in [6, 6.07) is 9.25. The van der Waals surface area contributed by atoms with Gasteiger partial charge in [0.15, 0.2) is 0 Å². The van der Waals surface area contributed by atoms with Crippen molar-refractivity contribution in [1.29, 1.82) is 0 Å². The van der Waals surface area contributed by atoms with Gasteiger partial charge in [0.1, 0.15) is 17.3 Å². The van der Waals surface area contributed by atoms with Crippen LogP contribution in [0.3, 0.4) is 0 Å². The van der Waals surface area contributed by atoms with Crippen molar-refractivity contribution in [2.45, 2.75) is 46.5 Å². The molecule has 154 valence electrons. The number of nitrogens with two attached hydrogens (primary N) is 1. The number of pyridine rings is 1. The highest BCUT2D eigenvalue weighted by molar-refractivity contribution is 6.00. The molecule has 30 heavy (non-hydrogen) atoms. The second-order valence-corrected chi connectivity index (χ2v) is 8.30. The van der Waals surface area contributed by atoms with Crippen LogP contribution < -0.4 is 10.5 Å². The number of Topliss-reactive ketones (excluding diaryl/α,β-unsaturated/α-hetero) is 1. The summed E-state index contributed by atoms with van der Waals surface area (Å²) in [5.74, 6) is 1.78. The van der Waals surface area contributed by atoms with E-state index >= 15 is 0 Å². The van der Waals surface area contributed by atoms with E-state index in [-0.39, 0.29) is 0 Å². The summed E-state index contributed by atoms with van der Waals surface area (Å²) in [4.78, 5) is 28.4. The quantitative estimate of drug-likeness (QED) is 0.605. The molecule has 2 N–H and O–H groups in total. The van der Waals surface area contributed by atoms with E-state index in [9.17, 15) is 9.59 Å². The van der Waals surface area contributed by atoms with Crippen LogP contribution in [0.2, 0.25) is 0 Å². The summed E-state index contributed by atoms with van der Waals surface area (Å²) >= 11 is 0. The number of carbonyl (C=O) groups excluding carboxylic acids is 2. The van der Waals surface area contributed by atoms with Crippen molar-refractivity contribution >= 4 is 22.6 Å². The smallest absolute Gasteiger partial charge is 0.248 e. The van der Waals surface area contributed by atoms with E-state index in [2.05, 4.69) is 4.98 Å². The summed E-state index contributed by atoms with van der Waals surface area (Å²) in [7, 11) is 0. The van der Waals surface area contributed by atoms with Gasteiger partial charge >= 0.3 is 0 Å². The molecule has 2 aromatic carbocycles. The molecule has 4 rings (SSSR count). The van der Waals surface area contributed by atoms with Gasteiger partial charge in [0, 0.05) is 30.0 Å². The molecule has 0 saturated heterocycles. The van der Waals surface area contributed by atoms with Crippen molar-refractivity contribution in [3.8, 4) is 11.5 Å². The number of amides is 1. The normalized spacial score (nSPS) is 13.4. The number of aromatic nitrogens is 1. The lowest BCUT2D eigenvalue weighted by atomic mass is 9.97. The first-order valence-corrected chi connectivity index (χ1v) is 10.3.